The highest BCUT2D eigenvalue weighted by atomic mass is 35.5. The van der Waals surface area contributed by atoms with Gasteiger partial charge in [0.15, 0.2) is 5.75 Å². The molecule has 0 bridgehead atoms. The third-order valence-corrected chi connectivity index (χ3v) is 4.99. The van der Waals surface area contributed by atoms with E-state index in [1.165, 1.54) is 24.3 Å². The standard InChI is InChI=1S/C22H26FN3O4.ClH/c1-16(2)14-24-9-11-25(12-10-24)22(27)18-5-8-21(20(13-18)26(28)29)30-15-17-3-6-19(23)7-4-17;/h3-8,13,16H,9-12,14-15H2,1-2H3;1H. The van der Waals surface area contributed by atoms with Crippen molar-refractivity contribution in [1.82, 2.24) is 9.80 Å². The van der Waals surface area contributed by atoms with Crippen molar-refractivity contribution in [1.29, 1.82) is 0 Å². The molecule has 0 saturated carbocycles. The largest absolute Gasteiger partial charge is 0.482 e. The van der Waals surface area contributed by atoms with Crippen molar-refractivity contribution in [3.05, 3.63) is 69.5 Å². The Morgan fingerprint density at radius 1 is 1.13 bits per heavy atom. The van der Waals surface area contributed by atoms with Gasteiger partial charge < -0.3 is 9.64 Å². The monoisotopic (exact) mass is 451 g/mol. The van der Waals surface area contributed by atoms with Gasteiger partial charge in [0.2, 0.25) is 0 Å². The predicted octanol–water partition coefficient (Wildman–Crippen LogP) is 4.15. The van der Waals surface area contributed by atoms with Gasteiger partial charge >= 0.3 is 5.69 Å². The second kappa shape index (κ2) is 11.1. The van der Waals surface area contributed by atoms with Crippen LogP contribution < -0.4 is 4.74 Å². The highest BCUT2D eigenvalue weighted by molar-refractivity contribution is 5.95. The zero-order valence-corrected chi connectivity index (χ0v) is 18.4. The van der Waals surface area contributed by atoms with Gasteiger partial charge in [-0.2, -0.15) is 0 Å². The van der Waals surface area contributed by atoms with Gasteiger partial charge in [-0.05, 0) is 35.7 Å². The minimum Gasteiger partial charge on any atom is -0.482 e. The van der Waals surface area contributed by atoms with Gasteiger partial charge in [0.25, 0.3) is 5.91 Å². The minimum absolute atomic E-state index is 0. The van der Waals surface area contributed by atoms with Crippen LogP contribution >= 0.6 is 12.4 Å². The third-order valence-electron chi connectivity index (χ3n) is 4.99. The average Bonchev–Trinajstić information content (AvgIpc) is 2.73. The molecule has 31 heavy (non-hydrogen) atoms. The van der Waals surface area contributed by atoms with Crippen molar-refractivity contribution < 1.29 is 18.8 Å². The van der Waals surface area contributed by atoms with Crippen molar-refractivity contribution in [3.63, 3.8) is 0 Å². The van der Waals surface area contributed by atoms with Gasteiger partial charge in [-0.15, -0.1) is 12.4 Å². The molecule has 1 aliphatic rings. The summed E-state index contributed by atoms with van der Waals surface area (Å²) in [6.07, 6.45) is 0. The van der Waals surface area contributed by atoms with Gasteiger partial charge in [0.05, 0.1) is 4.92 Å². The van der Waals surface area contributed by atoms with Crippen molar-refractivity contribution in [3.8, 4) is 5.75 Å². The fourth-order valence-corrected chi connectivity index (χ4v) is 3.49. The van der Waals surface area contributed by atoms with Crippen LogP contribution in [0.3, 0.4) is 0 Å². The topological polar surface area (TPSA) is 75.9 Å². The normalized spacial score (nSPS) is 14.3. The van der Waals surface area contributed by atoms with Crippen LogP contribution in [0.1, 0.15) is 29.8 Å². The average molecular weight is 452 g/mol. The first-order valence-electron chi connectivity index (χ1n) is 10.0. The smallest absolute Gasteiger partial charge is 0.311 e. The maximum absolute atomic E-state index is 13.0. The highest BCUT2D eigenvalue weighted by Gasteiger charge is 2.25. The van der Waals surface area contributed by atoms with Gasteiger partial charge in [0.1, 0.15) is 12.4 Å². The van der Waals surface area contributed by atoms with E-state index in [-0.39, 0.29) is 47.7 Å². The van der Waals surface area contributed by atoms with E-state index in [1.54, 1.807) is 23.1 Å². The Morgan fingerprint density at radius 3 is 2.35 bits per heavy atom. The molecule has 9 heteroatoms. The third kappa shape index (κ3) is 6.63. The Balaban J connectivity index is 0.00000341. The van der Waals surface area contributed by atoms with Gasteiger partial charge in [-0.1, -0.05) is 26.0 Å². The summed E-state index contributed by atoms with van der Waals surface area (Å²) in [4.78, 5) is 27.8. The molecule has 0 aromatic heterocycles. The van der Waals surface area contributed by atoms with Crippen molar-refractivity contribution in [2.75, 3.05) is 32.7 Å². The molecule has 7 nitrogen and oxygen atoms in total. The van der Waals surface area contributed by atoms with E-state index in [4.69, 9.17) is 4.74 Å². The second-order valence-corrected chi connectivity index (χ2v) is 7.84. The maximum atomic E-state index is 13.0. The molecule has 0 atom stereocenters. The summed E-state index contributed by atoms with van der Waals surface area (Å²) in [5.41, 5.74) is 0.694. The summed E-state index contributed by atoms with van der Waals surface area (Å²) >= 11 is 0. The summed E-state index contributed by atoms with van der Waals surface area (Å²) in [6.45, 7) is 8.17. The number of ether oxygens (including phenoxy) is 1. The SMILES string of the molecule is CC(C)CN1CCN(C(=O)c2ccc(OCc3ccc(F)cc3)c([N+](=O)[O-])c2)CC1.Cl. The fraction of sp³-hybridized carbons (Fsp3) is 0.409. The van der Waals surface area contributed by atoms with Crippen LogP contribution in [0.2, 0.25) is 0 Å². The van der Waals surface area contributed by atoms with Gasteiger partial charge in [-0.3, -0.25) is 19.8 Å². The maximum Gasteiger partial charge on any atom is 0.311 e. The first kappa shape index (κ1) is 24.6. The van der Waals surface area contributed by atoms with E-state index in [0.29, 0.717) is 24.6 Å². The Bertz CT molecular complexity index is 900. The van der Waals surface area contributed by atoms with Crippen molar-refractivity contribution in [2.24, 2.45) is 5.92 Å². The number of nitro benzene ring substituents is 1. The summed E-state index contributed by atoms with van der Waals surface area (Å²) in [5.74, 6) is 0.0602. The Labute approximate surface area is 187 Å². The number of amides is 1. The van der Waals surface area contributed by atoms with Crippen LogP contribution in [-0.4, -0.2) is 53.4 Å². The fourth-order valence-electron chi connectivity index (χ4n) is 3.49. The molecule has 1 aliphatic heterocycles. The number of nitro groups is 1. The lowest BCUT2D eigenvalue weighted by Gasteiger charge is -2.35. The van der Waals surface area contributed by atoms with E-state index >= 15 is 0 Å². The zero-order chi connectivity index (χ0) is 21.7. The Hall–Kier alpha value is -2.71. The van der Waals surface area contributed by atoms with Crippen molar-refractivity contribution in [2.45, 2.75) is 20.5 Å². The summed E-state index contributed by atoms with van der Waals surface area (Å²) in [7, 11) is 0. The lowest BCUT2D eigenvalue weighted by molar-refractivity contribution is -0.386. The molecule has 1 heterocycles. The molecule has 0 aliphatic carbocycles. The van der Waals surface area contributed by atoms with Crippen LogP contribution in [0.5, 0.6) is 5.75 Å². The lowest BCUT2D eigenvalue weighted by atomic mass is 10.1. The number of carbonyl (C=O) groups excluding carboxylic acids is 1. The molecule has 0 N–H and O–H groups in total. The highest BCUT2D eigenvalue weighted by Crippen LogP contribution is 2.29. The van der Waals surface area contributed by atoms with E-state index < -0.39 is 4.92 Å². The zero-order valence-electron chi connectivity index (χ0n) is 17.6. The molecule has 0 radical (unpaired) electrons. The minimum atomic E-state index is -0.558. The first-order valence-corrected chi connectivity index (χ1v) is 10.0. The summed E-state index contributed by atoms with van der Waals surface area (Å²) in [6, 6.07) is 9.98. The number of carbonyl (C=O) groups is 1. The van der Waals surface area contributed by atoms with E-state index in [2.05, 4.69) is 18.7 Å². The Morgan fingerprint density at radius 2 is 1.77 bits per heavy atom. The molecule has 0 spiro atoms. The van der Waals surface area contributed by atoms with E-state index in [0.717, 1.165) is 19.6 Å². The number of hydrogen-bond donors (Lipinski definition) is 0. The molecule has 1 saturated heterocycles. The molecule has 1 fully saturated rings. The van der Waals surface area contributed by atoms with Crippen molar-refractivity contribution >= 4 is 24.0 Å². The molecule has 3 rings (SSSR count). The number of benzene rings is 2. The molecule has 2 aromatic carbocycles. The van der Waals surface area contributed by atoms with Gasteiger partial charge in [-0.25, -0.2) is 4.39 Å². The van der Waals surface area contributed by atoms with Crippen LogP contribution in [0.4, 0.5) is 10.1 Å². The summed E-state index contributed by atoms with van der Waals surface area (Å²) < 4.78 is 18.6. The molecule has 0 unspecified atom stereocenters. The molecule has 168 valence electrons. The number of rotatable bonds is 7. The van der Waals surface area contributed by atoms with Crippen LogP contribution in [-0.2, 0) is 6.61 Å². The molecular formula is C22H27ClFN3O4. The quantitative estimate of drug-likeness (QED) is 0.467. The molecule has 1 amide bonds. The van der Waals surface area contributed by atoms with Crippen LogP contribution in [0.25, 0.3) is 0 Å². The van der Waals surface area contributed by atoms with E-state index in [9.17, 15) is 19.3 Å². The van der Waals surface area contributed by atoms with Crippen LogP contribution in [0, 0.1) is 21.8 Å². The summed E-state index contributed by atoms with van der Waals surface area (Å²) in [5, 5.41) is 11.5. The second-order valence-electron chi connectivity index (χ2n) is 7.84. The number of hydrogen-bond acceptors (Lipinski definition) is 5. The number of piperazine rings is 1. The molecule has 2 aromatic rings. The Kier molecular flexibility index (Phi) is 8.76. The molecular weight excluding hydrogens is 425 g/mol. The predicted molar refractivity (Wildman–Crippen MR) is 118 cm³/mol. The van der Waals surface area contributed by atoms with Gasteiger partial charge in [0, 0.05) is 44.4 Å². The first-order chi connectivity index (χ1) is 14.3. The van der Waals surface area contributed by atoms with E-state index in [1.807, 2.05) is 0 Å². The number of halogens is 2. The van der Waals surface area contributed by atoms with Crippen LogP contribution in [0.15, 0.2) is 42.5 Å². The number of nitrogens with zero attached hydrogens (tertiary/aromatic N) is 3. The lowest BCUT2D eigenvalue weighted by Crippen LogP contribution is -2.49.